The van der Waals surface area contributed by atoms with Gasteiger partial charge < -0.3 is 9.80 Å². The third kappa shape index (κ3) is 2.90. The summed E-state index contributed by atoms with van der Waals surface area (Å²) in [5.74, 6) is 1.29. The predicted molar refractivity (Wildman–Crippen MR) is 82.1 cm³/mol. The molecule has 3 heterocycles. The number of nitrogens with zero attached hydrogens (tertiary/aromatic N) is 3. The van der Waals surface area contributed by atoms with Crippen LogP contribution in [-0.2, 0) is 4.79 Å². The highest BCUT2D eigenvalue weighted by molar-refractivity contribution is 7.99. The molecule has 2 fully saturated rings. The number of likely N-dealkylation sites (tertiary alicyclic amines) is 1. The zero-order valence-corrected chi connectivity index (χ0v) is 12.9. The molecule has 0 bridgehead atoms. The maximum atomic E-state index is 12.6. The van der Waals surface area contributed by atoms with Crippen molar-refractivity contribution in [3.05, 3.63) is 29.6 Å². The molecule has 0 unspecified atom stereocenters. The number of hydrogen-bond acceptors (Lipinski definition) is 4. The van der Waals surface area contributed by atoms with Crippen LogP contribution in [0.5, 0.6) is 0 Å². The fourth-order valence-corrected chi connectivity index (χ4v) is 3.90. The van der Waals surface area contributed by atoms with E-state index in [4.69, 9.17) is 0 Å². The second kappa shape index (κ2) is 6.05. The number of pyridine rings is 1. The molecule has 2 aliphatic heterocycles. The van der Waals surface area contributed by atoms with Gasteiger partial charge >= 0.3 is 0 Å². The van der Waals surface area contributed by atoms with E-state index in [-0.39, 0.29) is 17.9 Å². The lowest BCUT2D eigenvalue weighted by Gasteiger charge is -2.27. The third-order valence-electron chi connectivity index (χ3n) is 4.00. The van der Waals surface area contributed by atoms with E-state index in [0.717, 1.165) is 31.6 Å². The SMILES string of the molecule is Cc1ccc(C(=O)N2CSC[C@@H]2C(=O)N2CCCC2)cn1. The van der Waals surface area contributed by atoms with Crippen LogP contribution in [0.4, 0.5) is 0 Å². The first kappa shape index (κ1) is 14.4. The number of amides is 2. The molecule has 0 radical (unpaired) electrons. The van der Waals surface area contributed by atoms with Crippen molar-refractivity contribution in [2.45, 2.75) is 25.8 Å². The average Bonchev–Trinajstić information content (AvgIpc) is 3.18. The number of carbonyl (C=O) groups excluding carboxylic acids is 2. The first-order chi connectivity index (χ1) is 10.2. The monoisotopic (exact) mass is 305 g/mol. The zero-order valence-electron chi connectivity index (χ0n) is 12.1. The summed E-state index contributed by atoms with van der Waals surface area (Å²) < 4.78 is 0. The van der Waals surface area contributed by atoms with Gasteiger partial charge in [-0.05, 0) is 31.9 Å². The minimum Gasteiger partial charge on any atom is -0.341 e. The Morgan fingerprint density at radius 3 is 2.71 bits per heavy atom. The van der Waals surface area contributed by atoms with Crippen LogP contribution in [-0.4, -0.2) is 57.4 Å². The van der Waals surface area contributed by atoms with Gasteiger partial charge in [0, 0.05) is 30.7 Å². The quantitative estimate of drug-likeness (QED) is 0.831. The summed E-state index contributed by atoms with van der Waals surface area (Å²) in [5, 5.41) is 0. The molecule has 0 N–H and O–H groups in total. The fourth-order valence-electron chi connectivity index (χ4n) is 2.76. The molecule has 112 valence electrons. The van der Waals surface area contributed by atoms with Gasteiger partial charge in [-0.25, -0.2) is 0 Å². The summed E-state index contributed by atoms with van der Waals surface area (Å²) >= 11 is 1.64. The number of aromatic nitrogens is 1. The van der Waals surface area contributed by atoms with Crippen LogP contribution in [0.15, 0.2) is 18.3 Å². The third-order valence-corrected chi connectivity index (χ3v) is 5.02. The van der Waals surface area contributed by atoms with Gasteiger partial charge in [0.2, 0.25) is 5.91 Å². The van der Waals surface area contributed by atoms with Gasteiger partial charge in [-0.1, -0.05) is 0 Å². The molecule has 0 saturated carbocycles. The zero-order chi connectivity index (χ0) is 14.8. The number of thioether (sulfide) groups is 1. The van der Waals surface area contributed by atoms with Crippen molar-refractivity contribution >= 4 is 23.6 Å². The van der Waals surface area contributed by atoms with Crippen molar-refractivity contribution in [3.8, 4) is 0 Å². The first-order valence-corrected chi connectivity index (χ1v) is 8.42. The maximum absolute atomic E-state index is 12.6. The molecule has 0 aromatic carbocycles. The van der Waals surface area contributed by atoms with Crippen LogP contribution in [0.3, 0.4) is 0 Å². The molecule has 1 atom stereocenters. The summed E-state index contributed by atoms with van der Waals surface area (Å²) in [6.07, 6.45) is 3.74. The predicted octanol–water partition coefficient (Wildman–Crippen LogP) is 1.53. The van der Waals surface area contributed by atoms with Crippen LogP contribution in [0, 0.1) is 6.92 Å². The Hall–Kier alpha value is -1.56. The first-order valence-electron chi connectivity index (χ1n) is 7.27. The second-order valence-electron chi connectivity index (χ2n) is 5.51. The van der Waals surface area contributed by atoms with E-state index in [9.17, 15) is 9.59 Å². The molecule has 5 nitrogen and oxygen atoms in total. The molecule has 0 aliphatic carbocycles. The summed E-state index contributed by atoms with van der Waals surface area (Å²) in [5.41, 5.74) is 1.44. The van der Waals surface area contributed by atoms with Gasteiger partial charge in [0.1, 0.15) is 6.04 Å². The molecule has 0 spiro atoms. The Morgan fingerprint density at radius 2 is 2.05 bits per heavy atom. The Bertz CT molecular complexity index is 540. The fraction of sp³-hybridized carbons (Fsp3) is 0.533. The van der Waals surface area contributed by atoms with Gasteiger partial charge in [0.25, 0.3) is 5.91 Å². The summed E-state index contributed by atoms with van der Waals surface area (Å²) in [7, 11) is 0. The molecular formula is C15H19N3O2S. The topological polar surface area (TPSA) is 53.5 Å². The Balaban J connectivity index is 1.75. The maximum Gasteiger partial charge on any atom is 0.256 e. The highest BCUT2D eigenvalue weighted by atomic mass is 32.2. The highest BCUT2D eigenvalue weighted by Gasteiger charge is 2.38. The van der Waals surface area contributed by atoms with Crippen LogP contribution in [0.2, 0.25) is 0 Å². The molecule has 2 saturated heterocycles. The van der Waals surface area contributed by atoms with Crippen LogP contribution >= 0.6 is 11.8 Å². The van der Waals surface area contributed by atoms with E-state index >= 15 is 0 Å². The molecule has 3 rings (SSSR count). The largest absolute Gasteiger partial charge is 0.341 e. The number of aryl methyl sites for hydroxylation is 1. The van der Waals surface area contributed by atoms with E-state index in [2.05, 4.69) is 4.98 Å². The molecule has 21 heavy (non-hydrogen) atoms. The Kier molecular flexibility index (Phi) is 4.14. The van der Waals surface area contributed by atoms with Crippen molar-refractivity contribution < 1.29 is 9.59 Å². The molecule has 6 heteroatoms. The van der Waals surface area contributed by atoms with Gasteiger partial charge in [0.15, 0.2) is 0 Å². The van der Waals surface area contributed by atoms with Crippen molar-refractivity contribution in [3.63, 3.8) is 0 Å². The average molecular weight is 305 g/mol. The van der Waals surface area contributed by atoms with Crippen molar-refractivity contribution in [1.82, 2.24) is 14.8 Å². The lowest BCUT2D eigenvalue weighted by atomic mass is 10.2. The van der Waals surface area contributed by atoms with E-state index in [1.807, 2.05) is 17.9 Å². The lowest BCUT2D eigenvalue weighted by Crippen LogP contribution is -2.48. The summed E-state index contributed by atoms with van der Waals surface area (Å²) in [6.45, 7) is 3.54. The van der Waals surface area contributed by atoms with E-state index in [0.29, 0.717) is 17.2 Å². The van der Waals surface area contributed by atoms with Crippen molar-refractivity contribution in [1.29, 1.82) is 0 Å². The Labute approximate surface area is 128 Å². The normalized spacial score (nSPS) is 21.9. The summed E-state index contributed by atoms with van der Waals surface area (Å²) in [6, 6.07) is 3.29. The van der Waals surface area contributed by atoms with Gasteiger partial charge in [-0.2, -0.15) is 0 Å². The van der Waals surface area contributed by atoms with E-state index in [1.54, 1.807) is 28.9 Å². The van der Waals surface area contributed by atoms with E-state index < -0.39 is 0 Å². The van der Waals surface area contributed by atoms with Gasteiger partial charge in [0.05, 0.1) is 11.4 Å². The number of carbonyl (C=O) groups is 2. The minimum atomic E-state index is -0.318. The van der Waals surface area contributed by atoms with Crippen LogP contribution in [0.1, 0.15) is 28.9 Å². The highest BCUT2D eigenvalue weighted by Crippen LogP contribution is 2.25. The van der Waals surface area contributed by atoms with Crippen molar-refractivity contribution in [2.24, 2.45) is 0 Å². The van der Waals surface area contributed by atoms with Crippen molar-refractivity contribution in [2.75, 3.05) is 24.7 Å². The molecule has 1 aromatic rings. The van der Waals surface area contributed by atoms with Gasteiger partial charge in [-0.3, -0.25) is 14.6 Å². The summed E-state index contributed by atoms with van der Waals surface area (Å²) in [4.78, 5) is 32.9. The minimum absolute atomic E-state index is 0.0925. The van der Waals surface area contributed by atoms with E-state index in [1.165, 1.54) is 0 Å². The lowest BCUT2D eigenvalue weighted by molar-refractivity contribution is -0.133. The Morgan fingerprint density at radius 1 is 1.29 bits per heavy atom. The molecule has 2 amide bonds. The standard InChI is InChI=1S/C15H19N3O2S/c1-11-4-5-12(8-16-11)14(19)18-10-21-9-13(18)15(20)17-6-2-3-7-17/h4-5,8,13H,2-3,6-7,9-10H2,1H3/t13-/m1/s1. The molecule has 1 aromatic heterocycles. The van der Waals surface area contributed by atoms with Crippen LogP contribution < -0.4 is 0 Å². The van der Waals surface area contributed by atoms with Gasteiger partial charge in [-0.15, -0.1) is 11.8 Å². The molecular weight excluding hydrogens is 286 g/mol. The van der Waals surface area contributed by atoms with Crippen LogP contribution in [0.25, 0.3) is 0 Å². The number of rotatable bonds is 2. The number of hydrogen-bond donors (Lipinski definition) is 0. The smallest absolute Gasteiger partial charge is 0.256 e. The second-order valence-corrected chi connectivity index (χ2v) is 6.51. The molecule has 2 aliphatic rings.